The summed E-state index contributed by atoms with van der Waals surface area (Å²) in [5, 5.41) is 2.87. The average Bonchev–Trinajstić information content (AvgIpc) is 2.70. The molecular weight excluding hydrogens is 356 g/mol. The van der Waals surface area contributed by atoms with Crippen molar-refractivity contribution in [2.75, 3.05) is 29.9 Å². The van der Waals surface area contributed by atoms with Crippen LogP contribution in [-0.4, -0.2) is 35.2 Å². The van der Waals surface area contributed by atoms with E-state index in [1.807, 2.05) is 32.0 Å². The predicted octanol–water partition coefficient (Wildman–Crippen LogP) is 2.89. The molecule has 0 bridgehead atoms. The van der Waals surface area contributed by atoms with E-state index in [2.05, 4.69) is 15.2 Å². The molecule has 3 rings (SSSR count). The Hall–Kier alpha value is -2.83. The quantitative estimate of drug-likeness (QED) is 0.829. The van der Waals surface area contributed by atoms with Gasteiger partial charge in [0.2, 0.25) is 11.9 Å². The summed E-state index contributed by atoms with van der Waals surface area (Å²) in [6.45, 7) is 7.61. The Kier molecular flexibility index (Phi) is 6.34. The van der Waals surface area contributed by atoms with Crippen molar-refractivity contribution in [2.45, 2.75) is 46.6 Å². The fraction of sp³-hybridized carbons (Fsp3) is 0.476. The number of hydrogen-bond acceptors (Lipinski definition) is 5. The predicted molar refractivity (Wildman–Crippen MR) is 110 cm³/mol. The van der Waals surface area contributed by atoms with E-state index in [0.29, 0.717) is 35.2 Å². The fourth-order valence-electron chi connectivity index (χ4n) is 3.40. The number of anilines is 2. The van der Waals surface area contributed by atoms with Crippen LogP contribution in [0.3, 0.4) is 0 Å². The first-order valence-electron chi connectivity index (χ1n) is 9.86. The fourth-order valence-corrected chi connectivity index (χ4v) is 3.40. The van der Waals surface area contributed by atoms with Gasteiger partial charge in [-0.3, -0.25) is 14.2 Å². The molecule has 1 fully saturated rings. The van der Waals surface area contributed by atoms with Crippen LogP contribution >= 0.6 is 0 Å². The monoisotopic (exact) mass is 384 g/mol. The van der Waals surface area contributed by atoms with E-state index in [9.17, 15) is 9.59 Å². The van der Waals surface area contributed by atoms with Crippen LogP contribution < -0.4 is 20.5 Å². The van der Waals surface area contributed by atoms with Gasteiger partial charge in [-0.15, -0.1) is 0 Å². The van der Waals surface area contributed by atoms with Gasteiger partial charge in [-0.05, 0) is 52.2 Å². The number of amides is 1. The van der Waals surface area contributed by atoms with Crippen LogP contribution in [0.25, 0.3) is 0 Å². The highest BCUT2D eigenvalue weighted by atomic mass is 16.5. The number of hydrogen-bond donors (Lipinski definition) is 1. The molecule has 2 aromatic rings. The third kappa shape index (κ3) is 4.35. The first-order chi connectivity index (χ1) is 13.5. The molecule has 0 radical (unpaired) electrons. The minimum absolute atomic E-state index is 0.0841. The lowest BCUT2D eigenvalue weighted by molar-refractivity contribution is -0.116. The summed E-state index contributed by atoms with van der Waals surface area (Å²) in [5.41, 5.74) is 1.72. The number of nitrogens with zero attached hydrogens (tertiary/aromatic N) is 3. The number of carbonyl (C=O) groups excluding carboxylic acids is 1. The van der Waals surface area contributed by atoms with E-state index < -0.39 is 0 Å². The van der Waals surface area contributed by atoms with Crippen LogP contribution in [0.1, 0.15) is 37.4 Å². The molecule has 1 saturated heterocycles. The third-order valence-electron chi connectivity index (χ3n) is 5.02. The summed E-state index contributed by atoms with van der Waals surface area (Å²) in [5.74, 6) is 0.916. The number of carbonyl (C=O) groups is 1. The SMILES string of the molecule is CCOc1ccccc1NC(=O)Cn1c(N2CCCCC2)nc(C)c(C)c1=O. The molecule has 28 heavy (non-hydrogen) atoms. The average molecular weight is 384 g/mol. The smallest absolute Gasteiger partial charge is 0.258 e. The Labute approximate surface area is 165 Å². The van der Waals surface area contributed by atoms with Gasteiger partial charge in [0.15, 0.2) is 0 Å². The first kappa shape index (κ1) is 19.9. The van der Waals surface area contributed by atoms with Gasteiger partial charge in [0.1, 0.15) is 12.3 Å². The number of nitrogens with one attached hydrogen (secondary N) is 1. The van der Waals surface area contributed by atoms with Gasteiger partial charge >= 0.3 is 0 Å². The number of benzene rings is 1. The van der Waals surface area contributed by atoms with Crippen LogP contribution in [0.15, 0.2) is 29.1 Å². The maximum atomic E-state index is 12.9. The molecule has 0 aliphatic carbocycles. The van der Waals surface area contributed by atoms with Crippen molar-refractivity contribution in [3.63, 3.8) is 0 Å². The van der Waals surface area contributed by atoms with E-state index in [1.165, 1.54) is 11.0 Å². The number of aromatic nitrogens is 2. The van der Waals surface area contributed by atoms with Crippen molar-refractivity contribution in [3.05, 3.63) is 45.9 Å². The summed E-state index contributed by atoms with van der Waals surface area (Å²) in [6.07, 6.45) is 3.31. The van der Waals surface area contributed by atoms with Crippen LogP contribution in [0.5, 0.6) is 5.75 Å². The van der Waals surface area contributed by atoms with Crippen LogP contribution in [-0.2, 0) is 11.3 Å². The number of piperidine rings is 1. The van der Waals surface area contributed by atoms with Crippen molar-refractivity contribution < 1.29 is 9.53 Å². The second-order valence-corrected chi connectivity index (χ2v) is 7.04. The number of aryl methyl sites for hydroxylation is 1. The van der Waals surface area contributed by atoms with Crippen molar-refractivity contribution >= 4 is 17.5 Å². The normalized spacial score (nSPS) is 14.0. The topological polar surface area (TPSA) is 76.5 Å². The molecule has 2 heterocycles. The van der Waals surface area contributed by atoms with Crippen molar-refractivity contribution in [2.24, 2.45) is 0 Å². The van der Waals surface area contributed by atoms with Crippen molar-refractivity contribution in [1.29, 1.82) is 0 Å². The van der Waals surface area contributed by atoms with Crippen LogP contribution in [0.2, 0.25) is 0 Å². The Morgan fingerprint density at radius 1 is 1.18 bits per heavy atom. The maximum Gasteiger partial charge on any atom is 0.258 e. The van der Waals surface area contributed by atoms with E-state index in [0.717, 1.165) is 25.9 Å². The summed E-state index contributed by atoms with van der Waals surface area (Å²) < 4.78 is 7.05. The molecule has 1 aliphatic heterocycles. The lowest BCUT2D eigenvalue weighted by Crippen LogP contribution is -2.39. The zero-order chi connectivity index (χ0) is 20.1. The highest BCUT2D eigenvalue weighted by molar-refractivity contribution is 5.92. The lowest BCUT2D eigenvalue weighted by Gasteiger charge is -2.30. The Balaban J connectivity index is 1.88. The lowest BCUT2D eigenvalue weighted by atomic mass is 10.1. The summed E-state index contributed by atoms with van der Waals surface area (Å²) in [7, 11) is 0. The maximum absolute atomic E-state index is 12.9. The largest absolute Gasteiger partial charge is 0.492 e. The summed E-state index contributed by atoms with van der Waals surface area (Å²) in [6, 6.07) is 7.28. The van der Waals surface area contributed by atoms with Crippen LogP contribution in [0, 0.1) is 13.8 Å². The highest BCUT2D eigenvalue weighted by Crippen LogP contribution is 2.24. The molecule has 1 aromatic heterocycles. The van der Waals surface area contributed by atoms with Crippen molar-refractivity contribution in [3.8, 4) is 5.75 Å². The zero-order valence-electron chi connectivity index (χ0n) is 16.8. The molecule has 7 nitrogen and oxygen atoms in total. The molecular formula is C21H28N4O3. The molecule has 1 aromatic carbocycles. The highest BCUT2D eigenvalue weighted by Gasteiger charge is 2.21. The molecule has 1 amide bonds. The van der Waals surface area contributed by atoms with Gasteiger partial charge in [0.25, 0.3) is 5.56 Å². The van der Waals surface area contributed by atoms with E-state index in [1.54, 1.807) is 13.0 Å². The third-order valence-corrected chi connectivity index (χ3v) is 5.02. The minimum atomic E-state index is -0.280. The minimum Gasteiger partial charge on any atom is -0.492 e. The van der Waals surface area contributed by atoms with Gasteiger partial charge in [0.05, 0.1) is 12.3 Å². The number of rotatable bonds is 6. The van der Waals surface area contributed by atoms with E-state index in [4.69, 9.17) is 4.74 Å². The van der Waals surface area contributed by atoms with Gasteiger partial charge in [-0.2, -0.15) is 0 Å². The summed E-state index contributed by atoms with van der Waals surface area (Å²) >= 11 is 0. The molecule has 0 atom stereocenters. The molecule has 0 unspecified atom stereocenters. The zero-order valence-corrected chi connectivity index (χ0v) is 16.8. The number of ether oxygens (including phenoxy) is 1. The second kappa shape index (κ2) is 8.91. The Morgan fingerprint density at radius 2 is 1.89 bits per heavy atom. The Morgan fingerprint density at radius 3 is 2.61 bits per heavy atom. The molecule has 7 heteroatoms. The standard InChI is InChI=1S/C21H28N4O3/c1-4-28-18-11-7-6-10-17(18)23-19(26)14-25-20(27)15(2)16(3)22-21(25)24-12-8-5-9-13-24/h6-7,10-11H,4-5,8-9,12-14H2,1-3H3,(H,23,26). The number of para-hydroxylation sites is 2. The molecule has 0 spiro atoms. The van der Waals surface area contributed by atoms with Gasteiger partial charge in [0, 0.05) is 24.3 Å². The second-order valence-electron chi connectivity index (χ2n) is 7.04. The van der Waals surface area contributed by atoms with Crippen molar-refractivity contribution in [1.82, 2.24) is 9.55 Å². The van der Waals surface area contributed by atoms with Gasteiger partial charge in [-0.1, -0.05) is 12.1 Å². The summed E-state index contributed by atoms with van der Waals surface area (Å²) in [4.78, 5) is 32.4. The van der Waals surface area contributed by atoms with Crippen LogP contribution in [0.4, 0.5) is 11.6 Å². The molecule has 1 N–H and O–H groups in total. The molecule has 150 valence electrons. The molecule has 1 aliphatic rings. The van der Waals surface area contributed by atoms with E-state index in [-0.39, 0.29) is 18.0 Å². The van der Waals surface area contributed by atoms with E-state index >= 15 is 0 Å². The Bertz CT molecular complexity index is 901. The molecule has 0 saturated carbocycles. The first-order valence-corrected chi connectivity index (χ1v) is 9.86. The van der Waals surface area contributed by atoms with Gasteiger partial charge in [-0.25, -0.2) is 4.98 Å². The van der Waals surface area contributed by atoms with Gasteiger partial charge < -0.3 is 15.0 Å².